The Morgan fingerprint density at radius 1 is 0.773 bits per heavy atom. The minimum atomic E-state index is 0.595. The van der Waals surface area contributed by atoms with Crippen molar-refractivity contribution in [1.29, 1.82) is 0 Å². The van der Waals surface area contributed by atoms with Crippen molar-refractivity contribution in [1.82, 2.24) is 0 Å². The van der Waals surface area contributed by atoms with Crippen LogP contribution in [0.4, 0.5) is 0 Å². The molecule has 3 heteroatoms. The first kappa shape index (κ1) is 14.3. The molecule has 22 heavy (non-hydrogen) atoms. The smallest absolute Gasteiger partial charge is 0.169 e. The molecule has 0 spiro atoms. The van der Waals surface area contributed by atoms with E-state index >= 15 is 0 Å². The van der Waals surface area contributed by atoms with Gasteiger partial charge in [0.1, 0.15) is 11.5 Å². The Kier molecular flexibility index (Phi) is 4.15. The van der Waals surface area contributed by atoms with Gasteiger partial charge in [-0.25, -0.2) is 0 Å². The zero-order chi connectivity index (χ0) is 15.4. The molecule has 0 radical (unpaired) electrons. The van der Waals surface area contributed by atoms with Gasteiger partial charge in [0.25, 0.3) is 0 Å². The van der Waals surface area contributed by atoms with Crippen molar-refractivity contribution in [3.63, 3.8) is 0 Å². The third-order valence-electron chi connectivity index (χ3n) is 3.40. The Balaban J connectivity index is 1.97. The third-order valence-corrected chi connectivity index (χ3v) is 3.40. The van der Waals surface area contributed by atoms with E-state index in [4.69, 9.17) is 14.2 Å². The van der Waals surface area contributed by atoms with Crippen LogP contribution in [-0.4, -0.2) is 13.7 Å². The molecule has 0 aliphatic carbocycles. The summed E-state index contributed by atoms with van der Waals surface area (Å²) in [6.07, 6.45) is 0. The summed E-state index contributed by atoms with van der Waals surface area (Å²) in [5.41, 5.74) is 0. The Labute approximate surface area is 130 Å². The molecule has 0 aromatic heterocycles. The lowest BCUT2D eigenvalue weighted by molar-refractivity contribution is 0.322. The van der Waals surface area contributed by atoms with E-state index in [-0.39, 0.29) is 0 Å². The van der Waals surface area contributed by atoms with Gasteiger partial charge in [0.15, 0.2) is 11.5 Å². The predicted molar refractivity (Wildman–Crippen MR) is 88.2 cm³/mol. The average molecular weight is 294 g/mol. The maximum absolute atomic E-state index is 5.99. The van der Waals surface area contributed by atoms with E-state index in [1.165, 1.54) is 0 Å². The van der Waals surface area contributed by atoms with Gasteiger partial charge >= 0.3 is 0 Å². The van der Waals surface area contributed by atoms with Gasteiger partial charge in [-0.1, -0.05) is 24.3 Å². The Morgan fingerprint density at radius 3 is 1.95 bits per heavy atom. The zero-order valence-corrected chi connectivity index (χ0v) is 12.7. The molecule has 0 saturated heterocycles. The van der Waals surface area contributed by atoms with Gasteiger partial charge in [-0.15, -0.1) is 0 Å². The average Bonchev–Trinajstić information content (AvgIpc) is 2.56. The highest BCUT2D eigenvalue weighted by atomic mass is 16.5. The Morgan fingerprint density at radius 2 is 1.36 bits per heavy atom. The van der Waals surface area contributed by atoms with Gasteiger partial charge in [-0.05, 0) is 54.1 Å². The molecule has 0 fully saturated rings. The van der Waals surface area contributed by atoms with Gasteiger partial charge in [-0.2, -0.15) is 0 Å². The quantitative estimate of drug-likeness (QED) is 0.660. The summed E-state index contributed by atoms with van der Waals surface area (Å²) in [5, 5.41) is 2.25. The van der Waals surface area contributed by atoms with Crippen LogP contribution in [-0.2, 0) is 0 Å². The second-order valence-electron chi connectivity index (χ2n) is 4.86. The van der Waals surface area contributed by atoms with Crippen molar-refractivity contribution in [2.24, 2.45) is 0 Å². The van der Waals surface area contributed by atoms with Crippen LogP contribution in [0.25, 0.3) is 10.8 Å². The summed E-state index contributed by atoms with van der Waals surface area (Å²) in [6.45, 7) is 2.56. The van der Waals surface area contributed by atoms with Crippen molar-refractivity contribution in [3.05, 3.63) is 60.7 Å². The lowest BCUT2D eigenvalue weighted by Gasteiger charge is -2.13. The lowest BCUT2D eigenvalue weighted by atomic mass is 10.1. The largest absolute Gasteiger partial charge is 0.497 e. The SMILES string of the molecule is CCOc1cc2ccccc2cc1Oc1ccc(OC)cc1. The van der Waals surface area contributed by atoms with Crippen molar-refractivity contribution in [2.45, 2.75) is 6.92 Å². The topological polar surface area (TPSA) is 27.7 Å². The Hall–Kier alpha value is -2.68. The van der Waals surface area contributed by atoms with Crippen molar-refractivity contribution in [3.8, 4) is 23.0 Å². The predicted octanol–water partition coefficient (Wildman–Crippen LogP) is 5.04. The molecule has 0 N–H and O–H groups in total. The minimum Gasteiger partial charge on any atom is -0.497 e. The molecular weight excluding hydrogens is 276 g/mol. The first-order chi connectivity index (χ1) is 10.8. The molecule has 0 atom stereocenters. The van der Waals surface area contributed by atoms with E-state index < -0.39 is 0 Å². The zero-order valence-electron chi connectivity index (χ0n) is 12.7. The van der Waals surface area contributed by atoms with Gasteiger partial charge < -0.3 is 14.2 Å². The van der Waals surface area contributed by atoms with Crippen molar-refractivity contribution in [2.75, 3.05) is 13.7 Å². The van der Waals surface area contributed by atoms with E-state index in [9.17, 15) is 0 Å². The normalized spacial score (nSPS) is 10.5. The minimum absolute atomic E-state index is 0.595. The molecule has 3 nitrogen and oxygen atoms in total. The van der Waals surface area contributed by atoms with Crippen molar-refractivity contribution >= 4 is 10.8 Å². The number of rotatable bonds is 5. The molecule has 112 valence electrons. The molecule has 0 unspecified atom stereocenters. The summed E-state index contributed by atoms with van der Waals surface area (Å²) in [7, 11) is 1.65. The molecule has 3 rings (SSSR count). The molecule has 0 aliphatic rings. The summed E-state index contributed by atoms with van der Waals surface area (Å²) < 4.78 is 16.9. The number of ether oxygens (including phenoxy) is 3. The number of methoxy groups -OCH3 is 1. The highest BCUT2D eigenvalue weighted by Crippen LogP contribution is 2.36. The van der Waals surface area contributed by atoms with Gasteiger partial charge in [0.05, 0.1) is 13.7 Å². The number of benzene rings is 3. The van der Waals surface area contributed by atoms with Gasteiger partial charge in [0, 0.05) is 0 Å². The fourth-order valence-electron chi connectivity index (χ4n) is 2.32. The van der Waals surface area contributed by atoms with Crippen LogP contribution in [0.1, 0.15) is 6.92 Å². The summed E-state index contributed by atoms with van der Waals surface area (Å²) in [4.78, 5) is 0. The fraction of sp³-hybridized carbons (Fsp3) is 0.158. The van der Waals surface area contributed by atoms with Crippen LogP contribution >= 0.6 is 0 Å². The first-order valence-electron chi connectivity index (χ1n) is 7.27. The molecule has 0 heterocycles. The van der Waals surface area contributed by atoms with Crippen LogP contribution in [0, 0.1) is 0 Å². The second kappa shape index (κ2) is 6.39. The van der Waals surface area contributed by atoms with Crippen LogP contribution in [0.15, 0.2) is 60.7 Å². The maximum Gasteiger partial charge on any atom is 0.169 e. The lowest BCUT2D eigenvalue weighted by Crippen LogP contribution is -1.95. The third kappa shape index (κ3) is 2.98. The second-order valence-corrected chi connectivity index (χ2v) is 4.86. The number of hydrogen-bond acceptors (Lipinski definition) is 3. The molecule has 0 bridgehead atoms. The van der Waals surface area contributed by atoms with E-state index in [0.717, 1.165) is 28.0 Å². The van der Waals surface area contributed by atoms with E-state index in [1.807, 2.05) is 55.5 Å². The summed E-state index contributed by atoms with van der Waals surface area (Å²) in [6, 6.07) is 19.7. The molecule has 0 aliphatic heterocycles. The highest BCUT2D eigenvalue weighted by molar-refractivity contribution is 5.86. The van der Waals surface area contributed by atoms with Crippen LogP contribution in [0.2, 0.25) is 0 Å². The van der Waals surface area contributed by atoms with E-state index in [1.54, 1.807) is 7.11 Å². The molecular formula is C19H18O3. The number of fused-ring (bicyclic) bond motifs is 1. The summed E-state index contributed by atoms with van der Waals surface area (Å²) in [5.74, 6) is 3.01. The van der Waals surface area contributed by atoms with E-state index in [2.05, 4.69) is 12.1 Å². The molecule has 3 aromatic carbocycles. The van der Waals surface area contributed by atoms with Gasteiger partial charge in [-0.3, -0.25) is 0 Å². The monoisotopic (exact) mass is 294 g/mol. The molecule has 0 amide bonds. The van der Waals surface area contributed by atoms with E-state index in [0.29, 0.717) is 12.4 Å². The number of hydrogen-bond donors (Lipinski definition) is 0. The summed E-state index contributed by atoms with van der Waals surface area (Å²) >= 11 is 0. The fourth-order valence-corrected chi connectivity index (χ4v) is 2.32. The van der Waals surface area contributed by atoms with Crippen LogP contribution in [0.5, 0.6) is 23.0 Å². The standard InChI is InChI=1S/C19H18O3/c1-3-21-18-12-14-6-4-5-7-15(14)13-19(18)22-17-10-8-16(20-2)9-11-17/h4-13H,3H2,1-2H3. The first-order valence-corrected chi connectivity index (χ1v) is 7.27. The molecule has 0 saturated carbocycles. The maximum atomic E-state index is 5.99. The van der Waals surface area contributed by atoms with Crippen LogP contribution < -0.4 is 14.2 Å². The Bertz CT molecular complexity index is 763. The van der Waals surface area contributed by atoms with Crippen LogP contribution in [0.3, 0.4) is 0 Å². The highest BCUT2D eigenvalue weighted by Gasteiger charge is 2.09. The van der Waals surface area contributed by atoms with Gasteiger partial charge in [0.2, 0.25) is 0 Å². The molecule has 3 aromatic rings. The van der Waals surface area contributed by atoms with Crippen molar-refractivity contribution < 1.29 is 14.2 Å².